The van der Waals surface area contributed by atoms with Crippen molar-refractivity contribution in [3.63, 3.8) is 0 Å². The number of halogens is 1. The summed E-state index contributed by atoms with van der Waals surface area (Å²) in [7, 11) is 0. The molecule has 1 aromatic rings. The van der Waals surface area contributed by atoms with Crippen molar-refractivity contribution in [3.8, 4) is 0 Å². The van der Waals surface area contributed by atoms with Crippen LogP contribution in [-0.2, 0) is 0 Å². The third-order valence-electron chi connectivity index (χ3n) is 1.08. The summed E-state index contributed by atoms with van der Waals surface area (Å²) in [5.74, 6) is 3.00. The summed E-state index contributed by atoms with van der Waals surface area (Å²) in [6, 6.07) is 7.79. The van der Waals surface area contributed by atoms with Gasteiger partial charge in [-0.15, -0.1) is 4.48 Å². The zero-order valence-electron chi connectivity index (χ0n) is 5.84. The SMILES string of the molecule is Cc1ccc(N)cc1.NF. The van der Waals surface area contributed by atoms with Gasteiger partial charge in [0.1, 0.15) is 0 Å². The fourth-order valence-electron chi connectivity index (χ4n) is 0.566. The molecular formula is C7H11FN2. The summed E-state index contributed by atoms with van der Waals surface area (Å²) in [6.45, 7) is 2.04. The van der Waals surface area contributed by atoms with Gasteiger partial charge < -0.3 is 5.73 Å². The molecule has 1 rings (SSSR count). The number of nitrogens with two attached hydrogens (primary N) is 2. The molecule has 0 spiro atoms. The van der Waals surface area contributed by atoms with Crippen LogP contribution < -0.4 is 11.7 Å². The monoisotopic (exact) mass is 142 g/mol. The van der Waals surface area contributed by atoms with Gasteiger partial charge in [0.25, 0.3) is 0 Å². The van der Waals surface area contributed by atoms with E-state index in [2.05, 4.69) is 5.96 Å². The van der Waals surface area contributed by atoms with Gasteiger partial charge >= 0.3 is 0 Å². The van der Waals surface area contributed by atoms with Gasteiger partial charge in [0, 0.05) is 5.69 Å². The van der Waals surface area contributed by atoms with E-state index in [1.807, 2.05) is 31.2 Å². The lowest BCUT2D eigenvalue weighted by Crippen LogP contribution is -1.81. The lowest BCUT2D eigenvalue weighted by Gasteiger charge is -1.90. The molecular weight excluding hydrogens is 131 g/mol. The lowest BCUT2D eigenvalue weighted by atomic mass is 10.2. The number of hydrogen-bond donors (Lipinski definition) is 2. The number of nitrogen functional groups attached to an aromatic ring is 1. The van der Waals surface area contributed by atoms with Crippen LogP contribution in [0, 0.1) is 6.92 Å². The summed E-state index contributed by atoms with van der Waals surface area (Å²) in [5.41, 5.74) is 7.51. The molecule has 2 nitrogen and oxygen atoms in total. The maximum Gasteiger partial charge on any atom is 0.0314 e. The number of anilines is 1. The zero-order valence-corrected chi connectivity index (χ0v) is 5.84. The second-order valence-electron chi connectivity index (χ2n) is 1.91. The van der Waals surface area contributed by atoms with E-state index in [4.69, 9.17) is 10.2 Å². The predicted molar refractivity (Wildman–Crippen MR) is 40.9 cm³/mol. The van der Waals surface area contributed by atoms with E-state index in [1.165, 1.54) is 5.56 Å². The molecule has 0 saturated carbocycles. The molecule has 0 aromatic heterocycles. The molecule has 10 heavy (non-hydrogen) atoms. The van der Waals surface area contributed by atoms with Crippen LogP contribution in [0.5, 0.6) is 0 Å². The molecule has 0 heterocycles. The highest BCUT2D eigenvalue weighted by Gasteiger charge is 1.80. The standard InChI is InChI=1S/C7H9N.FH2N/c1-6-2-4-7(8)5-3-6;1-2/h2-5H,8H2,1H3;2H2. The molecule has 0 atom stereocenters. The molecule has 1 aromatic carbocycles. The summed E-state index contributed by atoms with van der Waals surface area (Å²) < 4.78 is 9.00. The van der Waals surface area contributed by atoms with Crippen LogP contribution in [-0.4, -0.2) is 0 Å². The van der Waals surface area contributed by atoms with Crippen LogP contribution in [0.2, 0.25) is 0 Å². The summed E-state index contributed by atoms with van der Waals surface area (Å²) in [5, 5.41) is 0. The highest BCUT2D eigenvalue weighted by atomic mass is 19.2. The number of rotatable bonds is 0. The van der Waals surface area contributed by atoms with E-state index in [0.717, 1.165) is 5.69 Å². The first-order chi connectivity index (χ1) is 4.79. The molecule has 0 saturated heterocycles. The van der Waals surface area contributed by atoms with Crippen molar-refractivity contribution in [1.29, 1.82) is 0 Å². The van der Waals surface area contributed by atoms with Gasteiger partial charge in [-0.1, -0.05) is 17.7 Å². The van der Waals surface area contributed by atoms with Gasteiger partial charge in [0.05, 0.1) is 0 Å². The minimum Gasteiger partial charge on any atom is -0.399 e. The third-order valence-corrected chi connectivity index (χ3v) is 1.08. The molecule has 4 N–H and O–H groups in total. The minimum atomic E-state index is 0.829. The predicted octanol–water partition coefficient (Wildman–Crippen LogP) is 1.41. The van der Waals surface area contributed by atoms with E-state index in [0.29, 0.717) is 0 Å². The first-order valence-corrected chi connectivity index (χ1v) is 2.83. The van der Waals surface area contributed by atoms with Crippen LogP contribution in [0.25, 0.3) is 0 Å². The van der Waals surface area contributed by atoms with Gasteiger partial charge in [0.15, 0.2) is 0 Å². The van der Waals surface area contributed by atoms with E-state index >= 15 is 0 Å². The van der Waals surface area contributed by atoms with Crippen molar-refractivity contribution < 1.29 is 4.48 Å². The number of aryl methyl sites for hydroxylation is 1. The normalized spacial score (nSPS) is 7.90. The smallest absolute Gasteiger partial charge is 0.0314 e. The van der Waals surface area contributed by atoms with E-state index in [1.54, 1.807) is 0 Å². The Balaban J connectivity index is 0.000000371. The number of hydrogen-bond acceptors (Lipinski definition) is 2. The molecule has 56 valence electrons. The minimum absolute atomic E-state index is 0.829. The molecule has 0 aliphatic carbocycles. The van der Waals surface area contributed by atoms with Crippen molar-refractivity contribution >= 4 is 5.69 Å². The first kappa shape index (κ1) is 8.91. The van der Waals surface area contributed by atoms with Crippen molar-refractivity contribution in [2.75, 3.05) is 5.73 Å². The Morgan fingerprint density at radius 3 is 1.80 bits per heavy atom. The van der Waals surface area contributed by atoms with Crippen LogP contribution in [0.1, 0.15) is 5.56 Å². The van der Waals surface area contributed by atoms with Crippen molar-refractivity contribution in [1.82, 2.24) is 0 Å². The molecule has 0 fully saturated rings. The Hall–Kier alpha value is -1.09. The average molecular weight is 142 g/mol. The van der Waals surface area contributed by atoms with E-state index in [9.17, 15) is 0 Å². The second kappa shape index (κ2) is 4.76. The summed E-state index contributed by atoms with van der Waals surface area (Å²) in [4.78, 5) is 0. The Kier molecular flexibility index (Phi) is 4.24. The second-order valence-corrected chi connectivity index (χ2v) is 1.91. The van der Waals surface area contributed by atoms with Gasteiger partial charge in [-0.2, -0.15) is 5.96 Å². The highest BCUT2D eigenvalue weighted by Crippen LogP contribution is 2.02. The molecule has 0 amide bonds. The highest BCUT2D eigenvalue weighted by molar-refractivity contribution is 5.38. The molecule has 0 unspecified atom stereocenters. The molecule has 0 radical (unpaired) electrons. The fourth-order valence-corrected chi connectivity index (χ4v) is 0.566. The Morgan fingerprint density at radius 2 is 1.50 bits per heavy atom. The van der Waals surface area contributed by atoms with E-state index < -0.39 is 0 Å². The van der Waals surface area contributed by atoms with Crippen LogP contribution in [0.15, 0.2) is 24.3 Å². The van der Waals surface area contributed by atoms with E-state index in [-0.39, 0.29) is 0 Å². The largest absolute Gasteiger partial charge is 0.399 e. The van der Waals surface area contributed by atoms with Crippen molar-refractivity contribution in [2.24, 2.45) is 5.96 Å². The van der Waals surface area contributed by atoms with Crippen LogP contribution >= 0.6 is 0 Å². The third kappa shape index (κ3) is 3.04. The Bertz CT molecular complexity index is 150. The van der Waals surface area contributed by atoms with Crippen molar-refractivity contribution in [2.45, 2.75) is 6.92 Å². The molecule has 0 aliphatic heterocycles. The topological polar surface area (TPSA) is 52.0 Å². The van der Waals surface area contributed by atoms with Gasteiger partial charge in [-0.25, -0.2) is 0 Å². The maximum atomic E-state index is 9.00. The quantitative estimate of drug-likeness (QED) is 0.425. The fraction of sp³-hybridized carbons (Fsp3) is 0.143. The Morgan fingerprint density at radius 1 is 1.10 bits per heavy atom. The Labute approximate surface area is 59.6 Å². The molecule has 3 heteroatoms. The van der Waals surface area contributed by atoms with Gasteiger partial charge in [-0.05, 0) is 19.1 Å². The van der Waals surface area contributed by atoms with Gasteiger partial charge in [0.2, 0.25) is 0 Å². The van der Waals surface area contributed by atoms with Crippen LogP contribution in [0.4, 0.5) is 10.2 Å². The van der Waals surface area contributed by atoms with Crippen molar-refractivity contribution in [3.05, 3.63) is 29.8 Å². The molecule has 0 aliphatic rings. The summed E-state index contributed by atoms with van der Waals surface area (Å²) in [6.07, 6.45) is 0. The molecule has 0 bridgehead atoms. The summed E-state index contributed by atoms with van der Waals surface area (Å²) >= 11 is 0. The van der Waals surface area contributed by atoms with Gasteiger partial charge in [-0.3, -0.25) is 0 Å². The maximum absolute atomic E-state index is 9.00. The lowest BCUT2D eigenvalue weighted by molar-refractivity contribution is 0.530. The zero-order chi connectivity index (χ0) is 7.98. The number of benzene rings is 1. The first-order valence-electron chi connectivity index (χ1n) is 2.83. The van der Waals surface area contributed by atoms with Crippen LogP contribution in [0.3, 0.4) is 0 Å². The average Bonchev–Trinajstić information content (AvgIpc) is 2.00.